The Morgan fingerprint density at radius 2 is 2.14 bits per heavy atom. The summed E-state index contributed by atoms with van der Waals surface area (Å²) < 4.78 is 0.353. The lowest BCUT2D eigenvalue weighted by Gasteiger charge is -2.50. The average molecular weight is 528 g/mol. The maximum atomic E-state index is 13.0. The van der Waals surface area contributed by atoms with Gasteiger partial charge in [-0.15, -0.1) is 23.1 Å². The number of fused-ring (bicyclic) bond motifs is 1. The van der Waals surface area contributed by atoms with Crippen molar-refractivity contribution in [3.63, 3.8) is 0 Å². The van der Waals surface area contributed by atoms with E-state index < -0.39 is 41.4 Å². The van der Waals surface area contributed by atoms with E-state index in [9.17, 15) is 29.7 Å². The molecular weight excluding hydrogens is 500 g/mol. The molecule has 1 aromatic rings. The van der Waals surface area contributed by atoms with E-state index in [1.807, 2.05) is 7.05 Å². The molecule has 35 heavy (non-hydrogen) atoms. The van der Waals surface area contributed by atoms with Crippen molar-refractivity contribution in [2.45, 2.75) is 30.0 Å². The van der Waals surface area contributed by atoms with Crippen molar-refractivity contribution in [1.82, 2.24) is 15.2 Å². The smallest absolute Gasteiger partial charge is 0.352 e. The molecule has 13 nitrogen and oxygen atoms in total. The van der Waals surface area contributed by atoms with E-state index in [1.165, 1.54) is 29.2 Å². The van der Waals surface area contributed by atoms with E-state index in [0.717, 1.165) is 11.3 Å². The Labute approximate surface area is 208 Å². The maximum Gasteiger partial charge on any atom is 0.352 e. The van der Waals surface area contributed by atoms with Gasteiger partial charge in [0.2, 0.25) is 0 Å². The third kappa shape index (κ3) is 4.86. The fourth-order valence-corrected chi connectivity index (χ4v) is 6.49. The first-order valence-electron chi connectivity index (χ1n) is 10.8. The Hall–Kier alpha value is -2.72. The first-order valence-corrected chi connectivity index (χ1v) is 12.7. The van der Waals surface area contributed by atoms with Gasteiger partial charge < -0.3 is 35.7 Å². The number of thioether (sulfide) groups is 1. The van der Waals surface area contributed by atoms with E-state index in [1.54, 1.807) is 0 Å². The van der Waals surface area contributed by atoms with Gasteiger partial charge in [0, 0.05) is 23.1 Å². The number of β-lactam (4-membered cyclic amide) rings is 1. The number of amides is 2. The van der Waals surface area contributed by atoms with Crippen LogP contribution >= 0.6 is 23.1 Å². The number of oxime groups is 1. The van der Waals surface area contributed by atoms with Crippen molar-refractivity contribution in [2.75, 3.05) is 45.3 Å². The molecule has 2 amide bonds. The molecular formula is C20H27N6O7S2+. The van der Waals surface area contributed by atoms with Crippen LogP contribution in [0.15, 0.2) is 21.8 Å². The molecule has 190 valence electrons. The molecule has 15 heteroatoms. The Morgan fingerprint density at radius 1 is 1.40 bits per heavy atom. The highest BCUT2D eigenvalue weighted by Gasteiger charge is 2.55. The summed E-state index contributed by atoms with van der Waals surface area (Å²) in [6, 6.07) is -0.946. The fourth-order valence-electron chi connectivity index (χ4n) is 4.61. The number of piperidine rings is 1. The number of carbonyl (C=O) groups excluding carboxylic acids is 2. The van der Waals surface area contributed by atoms with Crippen LogP contribution in [0, 0.1) is 0 Å². The molecule has 0 saturated carbocycles. The van der Waals surface area contributed by atoms with Gasteiger partial charge in [-0.05, 0) is 0 Å². The summed E-state index contributed by atoms with van der Waals surface area (Å²) >= 11 is 2.47. The number of nitrogens with zero attached hydrogens (tertiary/aromatic N) is 4. The van der Waals surface area contributed by atoms with Gasteiger partial charge >= 0.3 is 5.97 Å². The molecule has 2 fully saturated rings. The zero-order valence-corrected chi connectivity index (χ0v) is 20.7. The number of hydrogen-bond donors (Lipinski definition) is 5. The number of aliphatic carboxylic acids is 1. The molecule has 0 radical (unpaired) electrons. The largest absolute Gasteiger partial charge is 0.477 e. The molecule has 6 N–H and O–H groups in total. The molecule has 5 atom stereocenters. The number of aromatic nitrogens is 1. The number of nitrogens with one attached hydrogen (secondary N) is 1. The van der Waals surface area contributed by atoms with Crippen LogP contribution in [0.4, 0.5) is 5.13 Å². The molecule has 2 saturated heterocycles. The van der Waals surface area contributed by atoms with Gasteiger partial charge in [-0.25, -0.2) is 9.78 Å². The first kappa shape index (κ1) is 25.4. The number of thiazole rings is 1. The van der Waals surface area contributed by atoms with E-state index in [0.29, 0.717) is 35.3 Å². The molecule has 0 aromatic carbocycles. The van der Waals surface area contributed by atoms with E-state index in [4.69, 9.17) is 10.6 Å². The third-order valence-corrected chi connectivity index (χ3v) is 8.32. The number of carboxylic acid groups (broad SMARTS) is 1. The number of carboxylic acids is 1. The molecule has 1 unspecified atom stereocenters. The zero-order chi connectivity index (χ0) is 25.5. The van der Waals surface area contributed by atoms with Crippen LogP contribution in [0.5, 0.6) is 0 Å². The fraction of sp³-hybridized carbons (Fsp3) is 0.550. The summed E-state index contributed by atoms with van der Waals surface area (Å²) in [4.78, 5) is 48.0. The van der Waals surface area contributed by atoms with Crippen LogP contribution in [0.25, 0.3) is 0 Å². The Kier molecular flexibility index (Phi) is 7.06. The van der Waals surface area contributed by atoms with Crippen LogP contribution in [-0.4, -0.2) is 116 Å². The lowest BCUT2D eigenvalue weighted by molar-refractivity contribution is -0.914. The summed E-state index contributed by atoms with van der Waals surface area (Å²) in [6.45, 7) is 1.17. The number of aliphatic hydroxyl groups excluding tert-OH is 2. The molecule has 3 aliphatic heterocycles. The van der Waals surface area contributed by atoms with Crippen molar-refractivity contribution in [1.29, 1.82) is 0 Å². The van der Waals surface area contributed by atoms with Crippen molar-refractivity contribution in [3.8, 4) is 0 Å². The minimum Gasteiger partial charge on any atom is -0.477 e. The van der Waals surface area contributed by atoms with Gasteiger partial charge in [0.25, 0.3) is 11.8 Å². The highest BCUT2D eigenvalue weighted by molar-refractivity contribution is 8.00. The van der Waals surface area contributed by atoms with Gasteiger partial charge in [0.05, 0.1) is 19.7 Å². The number of anilines is 1. The van der Waals surface area contributed by atoms with Crippen molar-refractivity contribution >= 4 is 51.7 Å². The van der Waals surface area contributed by atoms with E-state index in [2.05, 4.69) is 15.5 Å². The van der Waals surface area contributed by atoms with Gasteiger partial charge in [0.1, 0.15) is 49.1 Å². The Morgan fingerprint density at radius 3 is 2.74 bits per heavy atom. The molecule has 4 heterocycles. The average Bonchev–Trinajstić information content (AvgIpc) is 3.23. The molecule has 1 aromatic heterocycles. The van der Waals surface area contributed by atoms with Crippen LogP contribution in [0.2, 0.25) is 0 Å². The highest BCUT2D eigenvalue weighted by Crippen LogP contribution is 2.41. The topological polar surface area (TPSA) is 188 Å². The minimum atomic E-state index is -1.23. The van der Waals surface area contributed by atoms with Gasteiger partial charge in [-0.3, -0.25) is 14.5 Å². The van der Waals surface area contributed by atoms with Gasteiger partial charge in [0.15, 0.2) is 10.8 Å². The standard InChI is InChI=1S/C20H26N6O7S2/c1-26(4-3-11(27)12(28)6-26)5-9-7-34-18-14(17(30)25(18)15(9)19(31)32)23-16(29)13(24-33-2)10-8-35-20(21)22-10/h8,11-12,14,18,27-28H,3-7H2,1-2H3,(H3-,21,22,23,29,31,32)/p+1/b24-13-/t11-,12+,14-,18-,26?/m1/s1. The number of rotatable bonds is 7. The van der Waals surface area contributed by atoms with Crippen LogP contribution in [-0.2, 0) is 19.2 Å². The highest BCUT2D eigenvalue weighted by atomic mass is 32.2. The predicted octanol–water partition coefficient (Wildman–Crippen LogP) is -1.61. The summed E-state index contributed by atoms with van der Waals surface area (Å²) in [5.74, 6) is -2.12. The molecule has 0 bridgehead atoms. The maximum absolute atomic E-state index is 13.0. The number of quaternary nitrogens is 1. The minimum absolute atomic E-state index is 0.0951. The number of aliphatic hydroxyl groups is 2. The number of likely N-dealkylation sites (N-methyl/N-ethyl adjacent to an activating group) is 1. The van der Waals surface area contributed by atoms with Crippen LogP contribution < -0.4 is 11.1 Å². The SMILES string of the molecule is CO/N=C(\C(=O)N[C@@H]1C(=O)N2C(C(=O)O)=C(C[N+]3(C)CC[C@@H](O)[C@@H](O)C3)CS[C@H]12)c1csc(N)n1. The summed E-state index contributed by atoms with van der Waals surface area (Å²) in [6.07, 6.45) is -1.30. The number of hydrogen-bond acceptors (Lipinski definition) is 11. The lowest BCUT2D eigenvalue weighted by atomic mass is 9.99. The van der Waals surface area contributed by atoms with Crippen molar-refractivity contribution in [2.24, 2.45) is 5.16 Å². The quantitative estimate of drug-likeness (QED) is 0.119. The summed E-state index contributed by atoms with van der Waals surface area (Å²) in [7, 11) is 3.16. The molecule has 0 spiro atoms. The summed E-state index contributed by atoms with van der Waals surface area (Å²) in [5.41, 5.74) is 6.16. The van der Waals surface area contributed by atoms with E-state index >= 15 is 0 Å². The lowest BCUT2D eigenvalue weighted by Crippen LogP contribution is -2.71. The van der Waals surface area contributed by atoms with Crippen molar-refractivity contribution < 1.29 is 39.0 Å². The molecule has 4 rings (SSSR count). The second-order valence-electron chi connectivity index (χ2n) is 8.92. The number of nitrogens with two attached hydrogens (primary N) is 1. The van der Waals surface area contributed by atoms with Gasteiger partial charge in [-0.1, -0.05) is 5.16 Å². The second kappa shape index (κ2) is 9.73. The zero-order valence-electron chi connectivity index (χ0n) is 19.1. The predicted molar refractivity (Wildman–Crippen MR) is 127 cm³/mol. The first-order chi connectivity index (χ1) is 16.5. The normalized spacial score (nSPS) is 31.0. The Balaban J connectivity index is 1.51. The third-order valence-electron chi connectivity index (χ3n) is 6.31. The Bertz CT molecular complexity index is 1110. The molecule has 3 aliphatic rings. The van der Waals surface area contributed by atoms with Gasteiger partial charge in [-0.2, -0.15) is 0 Å². The number of carbonyl (C=O) groups is 3. The second-order valence-corrected chi connectivity index (χ2v) is 10.9. The molecule has 0 aliphatic carbocycles. The monoisotopic (exact) mass is 527 g/mol. The van der Waals surface area contributed by atoms with Crippen LogP contribution in [0.1, 0.15) is 12.1 Å². The number of likely N-dealkylation sites (tertiary alicyclic amines) is 1. The van der Waals surface area contributed by atoms with E-state index in [-0.39, 0.29) is 28.8 Å². The van der Waals surface area contributed by atoms with Crippen LogP contribution in [0.3, 0.4) is 0 Å². The number of nitrogen functional groups attached to an aromatic ring is 1. The van der Waals surface area contributed by atoms with Crippen molar-refractivity contribution in [3.05, 3.63) is 22.3 Å². The summed E-state index contributed by atoms with van der Waals surface area (Å²) in [5, 5.41) is 37.4.